The fourth-order valence-electron chi connectivity index (χ4n) is 4.62. The van der Waals surface area contributed by atoms with Gasteiger partial charge in [-0.3, -0.25) is 4.90 Å². The Morgan fingerprint density at radius 2 is 1.78 bits per heavy atom. The Morgan fingerprint density at radius 1 is 1.11 bits per heavy atom. The minimum absolute atomic E-state index is 0.198. The molecule has 0 unspecified atom stereocenters. The summed E-state index contributed by atoms with van der Waals surface area (Å²) in [6.45, 7) is 5.09. The summed E-state index contributed by atoms with van der Waals surface area (Å²) in [6, 6.07) is 16.8. The van der Waals surface area contributed by atoms with Crippen LogP contribution >= 0.6 is 0 Å². The molecular formula is C22H26N2O2S. The zero-order valence-electron chi connectivity index (χ0n) is 16.1. The van der Waals surface area contributed by atoms with Crippen LogP contribution in [0.5, 0.6) is 0 Å². The van der Waals surface area contributed by atoms with E-state index in [2.05, 4.69) is 30.9 Å². The lowest BCUT2D eigenvalue weighted by Gasteiger charge is -2.36. The fourth-order valence-corrected chi connectivity index (χ4v) is 6.39. The van der Waals surface area contributed by atoms with Gasteiger partial charge in [-0.15, -0.1) is 0 Å². The largest absolute Gasteiger partial charge is 0.285 e. The van der Waals surface area contributed by atoms with E-state index in [-0.39, 0.29) is 11.6 Å². The van der Waals surface area contributed by atoms with E-state index in [0.717, 1.165) is 30.6 Å². The third kappa shape index (κ3) is 2.72. The first-order chi connectivity index (χ1) is 12.9. The zero-order chi connectivity index (χ0) is 19.2. The van der Waals surface area contributed by atoms with Crippen LogP contribution in [0.1, 0.15) is 32.3 Å². The Balaban J connectivity index is 1.92. The highest BCUT2D eigenvalue weighted by Crippen LogP contribution is 2.55. The second kappa shape index (κ2) is 6.50. The Bertz CT molecular complexity index is 980. The molecule has 0 bridgehead atoms. The van der Waals surface area contributed by atoms with Crippen molar-refractivity contribution in [3.63, 3.8) is 0 Å². The molecule has 0 aromatic heterocycles. The summed E-state index contributed by atoms with van der Waals surface area (Å²) < 4.78 is 29.0. The predicted octanol–water partition coefficient (Wildman–Crippen LogP) is 4.15. The zero-order valence-corrected chi connectivity index (χ0v) is 16.9. The normalized spacial score (nSPS) is 24.6. The van der Waals surface area contributed by atoms with Crippen molar-refractivity contribution in [3.8, 4) is 0 Å². The number of likely N-dealkylation sites (N-methyl/N-ethyl adjacent to an activating group) is 1. The summed E-state index contributed by atoms with van der Waals surface area (Å²) >= 11 is 0. The van der Waals surface area contributed by atoms with Gasteiger partial charge in [-0.05, 0) is 57.5 Å². The molecule has 0 N–H and O–H groups in total. The van der Waals surface area contributed by atoms with Crippen LogP contribution in [0.2, 0.25) is 0 Å². The van der Waals surface area contributed by atoms with Gasteiger partial charge in [0, 0.05) is 12.0 Å². The number of likely N-dealkylation sites (tertiary alicyclic amines) is 1. The SMILES string of the molecule is CC(C)=CC[C@]12CCN(C)[C@H]1N(S(=O)(=O)c1ccccc1)c1ccccc12. The van der Waals surface area contributed by atoms with Crippen molar-refractivity contribution in [2.45, 2.75) is 43.2 Å². The molecule has 1 fully saturated rings. The number of fused-ring (bicyclic) bond motifs is 3. The second-order valence-electron chi connectivity index (χ2n) is 7.88. The van der Waals surface area contributed by atoms with E-state index in [1.807, 2.05) is 31.3 Å². The monoisotopic (exact) mass is 382 g/mol. The maximum absolute atomic E-state index is 13.6. The molecule has 0 aliphatic carbocycles. The molecule has 142 valence electrons. The van der Waals surface area contributed by atoms with Gasteiger partial charge in [-0.2, -0.15) is 0 Å². The highest BCUT2D eigenvalue weighted by Gasteiger charge is 2.58. The van der Waals surface area contributed by atoms with Gasteiger partial charge in [0.25, 0.3) is 10.0 Å². The van der Waals surface area contributed by atoms with Gasteiger partial charge in [0.05, 0.1) is 10.6 Å². The second-order valence-corrected chi connectivity index (χ2v) is 9.69. The lowest BCUT2D eigenvalue weighted by atomic mass is 9.76. The van der Waals surface area contributed by atoms with Gasteiger partial charge in [0.2, 0.25) is 0 Å². The van der Waals surface area contributed by atoms with E-state index in [4.69, 9.17) is 0 Å². The topological polar surface area (TPSA) is 40.6 Å². The summed E-state index contributed by atoms with van der Waals surface area (Å²) in [5.41, 5.74) is 3.03. The summed E-state index contributed by atoms with van der Waals surface area (Å²) in [7, 11) is -1.61. The molecule has 5 heteroatoms. The third-order valence-corrected chi connectivity index (χ3v) is 7.68. The van der Waals surface area contributed by atoms with E-state index < -0.39 is 10.0 Å². The molecule has 2 heterocycles. The van der Waals surface area contributed by atoms with Crippen molar-refractivity contribution in [2.24, 2.45) is 0 Å². The Hall–Kier alpha value is -2.11. The maximum atomic E-state index is 13.6. The maximum Gasteiger partial charge on any atom is 0.265 e. The number of nitrogens with zero attached hydrogens (tertiary/aromatic N) is 2. The number of benzene rings is 2. The van der Waals surface area contributed by atoms with Crippen LogP contribution in [0.3, 0.4) is 0 Å². The number of rotatable bonds is 4. The molecular weight excluding hydrogens is 356 g/mol. The van der Waals surface area contributed by atoms with Gasteiger partial charge in [-0.25, -0.2) is 12.7 Å². The lowest BCUT2D eigenvalue weighted by molar-refractivity contribution is 0.268. The highest BCUT2D eigenvalue weighted by atomic mass is 32.2. The number of allylic oxidation sites excluding steroid dienone is 2. The van der Waals surface area contributed by atoms with Crippen molar-refractivity contribution in [2.75, 3.05) is 17.9 Å². The Kier molecular flexibility index (Phi) is 4.40. The van der Waals surface area contributed by atoms with Crippen LogP contribution < -0.4 is 4.31 Å². The first kappa shape index (κ1) is 18.3. The van der Waals surface area contributed by atoms with Crippen LogP contribution in [0.25, 0.3) is 0 Å². The molecule has 4 nitrogen and oxygen atoms in total. The molecule has 2 aromatic rings. The first-order valence-electron chi connectivity index (χ1n) is 9.40. The van der Waals surface area contributed by atoms with Crippen LogP contribution in [-0.4, -0.2) is 33.1 Å². The Labute approximate surface area is 162 Å². The van der Waals surface area contributed by atoms with Gasteiger partial charge >= 0.3 is 0 Å². The lowest BCUT2D eigenvalue weighted by Crippen LogP contribution is -2.50. The molecule has 4 rings (SSSR count). The number of hydrogen-bond acceptors (Lipinski definition) is 3. The molecule has 27 heavy (non-hydrogen) atoms. The van der Waals surface area contributed by atoms with Gasteiger partial charge < -0.3 is 0 Å². The van der Waals surface area contributed by atoms with Crippen LogP contribution in [0.15, 0.2) is 71.1 Å². The number of hydrogen-bond donors (Lipinski definition) is 0. The molecule has 2 aliphatic rings. The van der Waals surface area contributed by atoms with Gasteiger partial charge in [0.15, 0.2) is 0 Å². The molecule has 2 atom stereocenters. The summed E-state index contributed by atoms with van der Waals surface area (Å²) in [5, 5.41) is 0. The van der Waals surface area contributed by atoms with Crippen molar-refractivity contribution in [3.05, 3.63) is 71.8 Å². The third-order valence-electron chi connectivity index (χ3n) is 5.90. The van der Waals surface area contributed by atoms with Crippen molar-refractivity contribution in [1.29, 1.82) is 0 Å². The van der Waals surface area contributed by atoms with Crippen molar-refractivity contribution >= 4 is 15.7 Å². The van der Waals surface area contributed by atoms with E-state index >= 15 is 0 Å². The molecule has 0 spiro atoms. The van der Waals surface area contributed by atoms with E-state index in [1.165, 1.54) is 5.57 Å². The van der Waals surface area contributed by atoms with Crippen LogP contribution in [0, 0.1) is 0 Å². The summed E-state index contributed by atoms with van der Waals surface area (Å²) in [6.07, 6.45) is 3.86. The number of anilines is 1. The quantitative estimate of drug-likeness (QED) is 0.746. The summed E-state index contributed by atoms with van der Waals surface area (Å²) in [5.74, 6) is 0. The molecule has 0 radical (unpaired) electrons. The summed E-state index contributed by atoms with van der Waals surface area (Å²) in [4.78, 5) is 2.54. The minimum atomic E-state index is -3.64. The minimum Gasteiger partial charge on any atom is -0.285 e. The molecule has 1 saturated heterocycles. The predicted molar refractivity (Wildman–Crippen MR) is 109 cm³/mol. The van der Waals surface area contributed by atoms with Crippen LogP contribution in [-0.2, 0) is 15.4 Å². The highest BCUT2D eigenvalue weighted by molar-refractivity contribution is 7.92. The average molecular weight is 383 g/mol. The van der Waals surface area contributed by atoms with E-state index in [9.17, 15) is 8.42 Å². The van der Waals surface area contributed by atoms with Gasteiger partial charge in [-0.1, -0.05) is 48.0 Å². The number of para-hydroxylation sites is 1. The average Bonchev–Trinajstić information content (AvgIpc) is 3.14. The van der Waals surface area contributed by atoms with E-state index in [0.29, 0.717) is 4.90 Å². The van der Waals surface area contributed by atoms with Crippen molar-refractivity contribution in [1.82, 2.24) is 4.90 Å². The first-order valence-corrected chi connectivity index (χ1v) is 10.8. The molecule has 0 amide bonds. The molecule has 2 aliphatic heterocycles. The molecule has 0 saturated carbocycles. The fraction of sp³-hybridized carbons (Fsp3) is 0.364. The van der Waals surface area contributed by atoms with Crippen LogP contribution in [0.4, 0.5) is 5.69 Å². The van der Waals surface area contributed by atoms with Gasteiger partial charge in [0.1, 0.15) is 6.17 Å². The van der Waals surface area contributed by atoms with E-state index in [1.54, 1.807) is 28.6 Å². The standard InChI is InChI=1S/C22H26N2O2S/c1-17(2)13-14-22-15-16-23(3)21(22)24(20-12-8-7-11-19(20)22)27(25,26)18-9-5-4-6-10-18/h4-13,21H,14-16H2,1-3H3/t21-,22+/m0/s1. The number of sulfonamides is 1. The molecule has 2 aromatic carbocycles. The van der Waals surface area contributed by atoms with Crippen molar-refractivity contribution < 1.29 is 8.42 Å². The smallest absolute Gasteiger partial charge is 0.265 e. The Morgan fingerprint density at radius 3 is 2.48 bits per heavy atom.